The Balaban J connectivity index is 1.61. The normalized spacial score (nSPS) is 14.7. The van der Waals surface area contributed by atoms with Gasteiger partial charge in [-0.25, -0.2) is 0 Å². The minimum absolute atomic E-state index is 0.113. The third-order valence-corrected chi connectivity index (χ3v) is 6.86. The Morgan fingerprint density at radius 3 is 2.54 bits per heavy atom. The second-order valence-corrected chi connectivity index (χ2v) is 9.42. The summed E-state index contributed by atoms with van der Waals surface area (Å²) in [7, 11) is 1.59. The van der Waals surface area contributed by atoms with Gasteiger partial charge < -0.3 is 18.8 Å². The maximum Gasteiger partial charge on any atom is 0.290 e. The van der Waals surface area contributed by atoms with Gasteiger partial charge in [-0.3, -0.25) is 9.59 Å². The lowest BCUT2D eigenvalue weighted by Gasteiger charge is -2.26. The minimum atomic E-state index is -0.592. The van der Waals surface area contributed by atoms with Crippen LogP contribution in [-0.4, -0.2) is 31.1 Å². The van der Waals surface area contributed by atoms with Crippen LogP contribution in [-0.2, 0) is 6.42 Å². The highest BCUT2D eigenvalue weighted by molar-refractivity contribution is 5.99. The summed E-state index contributed by atoms with van der Waals surface area (Å²) in [6.07, 6.45) is 2.62. The van der Waals surface area contributed by atoms with Gasteiger partial charge in [0, 0.05) is 6.54 Å². The summed E-state index contributed by atoms with van der Waals surface area (Å²) < 4.78 is 17.6. The van der Waals surface area contributed by atoms with Crippen molar-refractivity contribution in [1.29, 1.82) is 0 Å². The first-order valence-corrected chi connectivity index (χ1v) is 12.7. The average Bonchev–Trinajstić information content (AvgIpc) is 3.20. The van der Waals surface area contributed by atoms with Crippen LogP contribution in [0, 0.1) is 6.92 Å². The quantitative estimate of drug-likeness (QED) is 0.262. The molecule has 1 amide bonds. The molecule has 190 valence electrons. The van der Waals surface area contributed by atoms with Crippen molar-refractivity contribution in [3.8, 4) is 11.5 Å². The van der Waals surface area contributed by atoms with Gasteiger partial charge in [-0.2, -0.15) is 0 Å². The third-order valence-electron chi connectivity index (χ3n) is 6.86. The van der Waals surface area contributed by atoms with Gasteiger partial charge >= 0.3 is 0 Å². The Bertz CT molecular complexity index is 1490. The lowest BCUT2D eigenvalue weighted by Crippen LogP contribution is -2.31. The molecular formula is C31H31NO5. The van der Waals surface area contributed by atoms with Crippen molar-refractivity contribution in [2.45, 2.75) is 39.2 Å². The Morgan fingerprint density at radius 1 is 0.973 bits per heavy atom. The van der Waals surface area contributed by atoms with Crippen molar-refractivity contribution in [2.24, 2.45) is 0 Å². The van der Waals surface area contributed by atoms with E-state index in [0.29, 0.717) is 47.6 Å². The van der Waals surface area contributed by atoms with E-state index in [-0.39, 0.29) is 17.1 Å². The number of hydrogen-bond donors (Lipinski definition) is 0. The number of benzene rings is 3. The fraction of sp³-hybridized carbons (Fsp3) is 0.290. The molecule has 1 aromatic heterocycles. The Kier molecular flexibility index (Phi) is 6.99. The second-order valence-electron chi connectivity index (χ2n) is 9.42. The molecule has 37 heavy (non-hydrogen) atoms. The molecule has 0 radical (unpaired) electrons. The van der Waals surface area contributed by atoms with Gasteiger partial charge in [-0.15, -0.1) is 0 Å². The number of nitrogens with zero attached hydrogens (tertiary/aromatic N) is 1. The summed E-state index contributed by atoms with van der Waals surface area (Å²) in [4.78, 5) is 29.3. The predicted molar refractivity (Wildman–Crippen MR) is 144 cm³/mol. The van der Waals surface area contributed by atoms with Crippen LogP contribution in [0.1, 0.15) is 58.6 Å². The van der Waals surface area contributed by atoms with Crippen molar-refractivity contribution in [3.63, 3.8) is 0 Å². The van der Waals surface area contributed by atoms with E-state index in [2.05, 4.69) is 6.92 Å². The predicted octanol–water partition coefficient (Wildman–Crippen LogP) is 6.08. The van der Waals surface area contributed by atoms with E-state index < -0.39 is 6.04 Å². The summed E-state index contributed by atoms with van der Waals surface area (Å²) in [5.74, 6) is 1.04. The van der Waals surface area contributed by atoms with Gasteiger partial charge in [0.15, 0.2) is 16.9 Å². The highest BCUT2D eigenvalue weighted by Gasteiger charge is 2.42. The molecule has 0 aliphatic carbocycles. The molecule has 1 aliphatic heterocycles. The maximum absolute atomic E-state index is 13.8. The first kappa shape index (κ1) is 24.6. The number of carbonyl (C=O) groups excluding carboxylic acids is 1. The molecule has 0 bridgehead atoms. The standard InChI is InChI=1S/C31H31NO5/c1-4-5-17-36-25-14-12-22(19-26(25)35-3)28-27-29(33)23-18-20(2)11-13-24(23)37-30(27)31(34)32(28)16-15-21-9-7-6-8-10-21/h6-14,18-19,28H,4-5,15-17H2,1-3H3. The van der Waals surface area contributed by atoms with Crippen LogP contribution in [0.15, 0.2) is 75.9 Å². The zero-order valence-corrected chi connectivity index (χ0v) is 21.5. The molecular weight excluding hydrogens is 466 g/mol. The lowest BCUT2D eigenvalue weighted by molar-refractivity contribution is 0.0730. The van der Waals surface area contributed by atoms with Crippen LogP contribution in [0.2, 0.25) is 0 Å². The summed E-state index contributed by atoms with van der Waals surface area (Å²) in [6, 6.07) is 20.5. The number of rotatable bonds is 9. The number of fused-ring (bicyclic) bond motifs is 2. The minimum Gasteiger partial charge on any atom is -0.493 e. The van der Waals surface area contributed by atoms with Gasteiger partial charge in [0.25, 0.3) is 5.91 Å². The van der Waals surface area contributed by atoms with E-state index in [9.17, 15) is 9.59 Å². The second kappa shape index (κ2) is 10.5. The number of unbranched alkanes of at least 4 members (excludes halogenated alkanes) is 1. The zero-order valence-electron chi connectivity index (χ0n) is 21.5. The average molecular weight is 498 g/mol. The van der Waals surface area contributed by atoms with E-state index in [4.69, 9.17) is 13.9 Å². The van der Waals surface area contributed by atoms with Crippen LogP contribution in [0.4, 0.5) is 0 Å². The van der Waals surface area contributed by atoms with E-state index in [1.54, 1.807) is 18.1 Å². The van der Waals surface area contributed by atoms with E-state index in [1.165, 1.54) is 0 Å². The topological polar surface area (TPSA) is 69.0 Å². The van der Waals surface area contributed by atoms with Crippen LogP contribution in [0.25, 0.3) is 11.0 Å². The molecule has 0 saturated carbocycles. The first-order valence-electron chi connectivity index (χ1n) is 12.7. The van der Waals surface area contributed by atoms with Crippen molar-refractivity contribution in [2.75, 3.05) is 20.3 Å². The van der Waals surface area contributed by atoms with E-state index >= 15 is 0 Å². The van der Waals surface area contributed by atoms with Crippen LogP contribution in [0.3, 0.4) is 0 Å². The highest BCUT2D eigenvalue weighted by Crippen LogP contribution is 2.41. The van der Waals surface area contributed by atoms with Crippen molar-refractivity contribution in [1.82, 2.24) is 4.90 Å². The third kappa shape index (κ3) is 4.71. The monoisotopic (exact) mass is 497 g/mol. The largest absolute Gasteiger partial charge is 0.493 e. The van der Waals surface area contributed by atoms with Crippen LogP contribution < -0.4 is 14.9 Å². The summed E-state index contributed by atoms with van der Waals surface area (Å²) in [5.41, 5.74) is 3.46. The number of carbonyl (C=O) groups is 1. The number of methoxy groups -OCH3 is 1. The molecule has 4 aromatic rings. The van der Waals surface area contributed by atoms with Gasteiger partial charge in [0.05, 0.1) is 30.7 Å². The molecule has 5 rings (SSSR count). The Hall–Kier alpha value is -4.06. The van der Waals surface area contributed by atoms with Gasteiger partial charge in [0.1, 0.15) is 5.58 Å². The molecule has 3 aromatic carbocycles. The van der Waals surface area contributed by atoms with Gasteiger partial charge in [-0.1, -0.05) is 61.4 Å². The molecule has 0 spiro atoms. The molecule has 1 atom stereocenters. The number of hydrogen-bond acceptors (Lipinski definition) is 5. The van der Waals surface area contributed by atoms with Crippen LogP contribution >= 0.6 is 0 Å². The maximum atomic E-state index is 13.8. The SMILES string of the molecule is CCCCOc1ccc(C2c3c(oc4ccc(C)cc4c3=O)C(=O)N2CCc2ccccc2)cc1OC. The smallest absolute Gasteiger partial charge is 0.290 e. The first-order chi connectivity index (χ1) is 18.0. The van der Waals surface area contributed by atoms with Crippen molar-refractivity contribution >= 4 is 16.9 Å². The number of ether oxygens (including phenoxy) is 2. The molecule has 0 fully saturated rings. The molecule has 0 N–H and O–H groups in total. The number of amides is 1. The summed E-state index contributed by atoms with van der Waals surface area (Å²) in [5, 5.41) is 0.480. The van der Waals surface area contributed by atoms with E-state index in [1.807, 2.05) is 67.6 Å². The molecule has 1 aliphatic rings. The fourth-order valence-corrected chi connectivity index (χ4v) is 4.91. The molecule has 6 nitrogen and oxygen atoms in total. The molecule has 6 heteroatoms. The van der Waals surface area contributed by atoms with Gasteiger partial charge in [0.2, 0.25) is 5.76 Å². The van der Waals surface area contributed by atoms with Crippen molar-refractivity contribution < 1.29 is 18.7 Å². The van der Waals surface area contributed by atoms with Crippen LogP contribution in [0.5, 0.6) is 11.5 Å². The Labute approximate surface area is 216 Å². The lowest BCUT2D eigenvalue weighted by atomic mass is 9.97. The van der Waals surface area contributed by atoms with E-state index in [0.717, 1.165) is 29.5 Å². The Morgan fingerprint density at radius 2 is 1.78 bits per heavy atom. The zero-order chi connectivity index (χ0) is 25.9. The molecule has 0 saturated heterocycles. The summed E-state index contributed by atoms with van der Waals surface area (Å²) >= 11 is 0. The highest BCUT2D eigenvalue weighted by atomic mass is 16.5. The van der Waals surface area contributed by atoms with Gasteiger partial charge in [-0.05, 0) is 55.2 Å². The summed E-state index contributed by atoms with van der Waals surface area (Å²) in [6.45, 7) is 5.07. The molecule has 1 unspecified atom stereocenters. The molecule has 2 heterocycles. The number of aryl methyl sites for hydroxylation is 1. The fourth-order valence-electron chi connectivity index (χ4n) is 4.91. The van der Waals surface area contributed by atoms with Crippen molar-refractivity contribution in [3.05, 3.63) is 105 Å².